The highest BCUT2D eigenvalue weighted by molar-refractivity contribution is 5.69. The van der Waals surface area contributed by atoms with Gasteiger partial charge in [-0.15, -0.1) is 0 Å². The number of aliphatic hydroxyl groups excluding tert-OH is 3. The molecular formula is C19H32N2O6. The van der Waals surface area contributed by atoms with E-state index in [-0.39, 0.29) is 38.0 Å². The summed E-state index contributed by atoms with van der Waals surface area (Å²) in [5, 5.41) is 48.9. The van der Waals surface area contributed by atoms with Crippen molar-refractivity contribution >= 4 is 5.97 Å². The Morgan fingerprint density at radius 3 is 2.41 bits per heavy atom. The predicted octanol–water partition coefficient (Wildman–Crippen LogP) is 0.430. The molecule has 3 atom stereocenters. The van der Waals surface area contributed by atoms with Crippen molar-refractivity contribution in [1.29, 1.82) is 0 Å². The van der Waals surface area contributed by atoms with Crippen molar-refractivity contribution in [3.05, 3.63) is 29.3 Å². The van der Waals surface area contributed by atoms with Crippen LogP contribution in [0.4, 0.5) is 0 Å². The van der Waals surface area contributed by atoms with Gasteiger partial charge < -0.3 is 31.3 Å². The Morgan fingerprint density at radius 2 is 1.89 bits per heavy atom. The SMILES string of the molecule is CC(c1cccc(CO)c1O)N(CC(=O)O)C(CO)C(CO)CCCCN. The number of hydrogen-bond donors (Lipinski definition) is 6. The highest BCUT2D eigenvalue weighted by Gasteiger charge is 2.33. The van der Waals surface area contributed by atoms with Gasteiger partial charge in [0, 0.05) is 29.8 Å². The Balaban J connectivity index is 3.19. The minimum Gasteiger partial charge on any atom is -0.507 e. The molecule has 27 heavy (non-hydrogen) atoms. The van der Waals surface area contributed by atoms with E-state index in [1.165, 1.54) is 0 Å². The van der Waals surface area contributed by atoms with E-state index in [2.05, 4.69) is 0 Å². The minimum absolute atomic E-state index is 0.0942. The minimum atomic E-state index is -1.07. The number of hydrogen-bond acceptors (Lipinski definition) is 7. The molecule has 0 saturated heterocycles. The van der Waals surface area contributed by atoms with Gasteiger partial charge in [0.1, 0.15) is 5.75 Å². The van der Waals surface area contributed by atoms with E-state index < -0.39 is 18.1 Å². The van der Waals surface area contributed by atoms with Gasteiger partial charge in [-0.25, -0.2) is 0 Å². The number of carbonyl (C=O) groups is 1. The fraction of sp³-hybridized carbons (Fsp3) is 0.632. The molecule has 0 heterocycles. The van der Waals surface area contributed by atoms with Gasteiger partial charge >= 0.3 is 5.97 Å². The molecular weight excluding hydrogens is 352 g/mol. The first-order valence-electron chi connectivity index (χ1n) is 9.22. The zero-order chi connectivity index (χ0) is 20.4. The summed E-state index contributed by atoms with van der Waals surface area (Å²) in [7, 11) is 0. The molecule has 0 amide bonds. The van der Waals surface area contributed by atoms with Crippen LogP contribution < -0.4 is 5.73 Å². The van der Waals surface area contributed by atoms with E-state index >= 15 is 0 Å². The summed E-state index contributed by atoms with van der Waals surface area (Å²) in [5.41, 5.74) is 6.31. The van der Waals surface area contributed by atoms with Crippen LogP contribution in [0.15, 0.2) is 18.2 Å². The number of rotatable bonds is 13. The number of para-hydroxylation sites is 1. The van der Waals surface area contributed by atoms with E-state index in [4.69, 9.17) is 5.73 Å². The monoisotopic (exact) mass is 384 g/mol. The average Bonchev–Trinajstić information content (AvgIpc) is 2.65. The van der Waals surface area contributed by atoms with Crippen LogP contribution in [0.25, 0.3) is 0 Å². The van der Waals surface area contributed by atoms with Crippen LogP contribution in [0.1, 0.15) is 43.4 Å². The lowest BCUT2D eigenvalue weighted by Gasteiger charge is -2.39. The third-order valence-corrected chi connectivity index (χ3v) is 5.01. The lowest BCUT2D eigenvalue weighted by molar-refractivity contribution is -0.140. The van der Waals surface area contributed by atoms with Crippen molar-refractivity contribution in [2.45, 2.75) is 44.9 Å². The smallest absolute Gasteiger partial charge is 0.317 e. The molecule has 8 heteroatoms. The molecule has 7 N–H and O–H groups in total. The predicted molar refractivity (Wildman–Crippen MR) is 101 cm³/mol. The molecule has 0 aliphatic rings. The molecule has 0 aromatic heterocycles. The van der Waals surface area contributed by atoms with Gasteiger partial charge in [0.25, 0.3) is 0 Å². The van der Waals surface area contributed by atoms with Crippen molar-refractivity contribution in [3.63, 3.8) is 0 Å². The highest BCUT2D eigenvalue weighted by atomic mass is 16.4. The average molecular weight is 384 g/mol. The third-order valence-electron chi connectivity index (χ3n) is 5.01. The van der Waals surface area contributed by atoms with Crippen molar-refractivity contribution in [3.8, 4) is 5.75 Å². The van der Waals surface area contributed by atoms with E-state index in [0.29, 0.717) is 24.1 Å². The molecule has 3 unspecified atom stereocenters. The summed E-state index contributed by atoms with van der Waals surface area (Å²) in [5.74, 6) is -1.49. The van der Waals surface area contributed by atoms with Crippen molar-refractivity contribution in [1.82, 2.24) is 4.90 Å². The number of carboxylic acid groups (broad SMARTS) is 1. The first kappa shape index (κ1) is 23.3. The molecule has 1 rings (SSSR count). The normalized spacial score (nSPS) is 14.9. The second-order valence-corrected chi connectivity index (χ2v) is 6.73. The maximum absolute atomic E-state index is 11.4. The summed E-state index contributed by atoms with van der Waals surface area (Å²) in [6.45, 7) is 1.04. The molecule has 0 radical (unpaired) electrons. The quantitative estimate of drug-likeness (QED) is 0.268. The first-order valence-corrected chi connectivity index (χ1v) is 9.22. The van der Waals surface area contributed by atoms with E-state index in [1.54, 1.807) is 30.0 Å². The van der Waals surface area contributed by atoms with Gasteiger partial charge in [0.15, 0.2) is 0 Å². The number of benzene rings is 1. The number of unbranched alkanes of at least 4 members (excludes halogenated alkanes) is 1. The van der Waals surface area contributed by atoms with Gasteiger partial charge in [0.2, 0.25) is 0 Å². The summed E-state index contributed by atoms with van der Waals surface area (Å²) < 4.78 is 0. The number of phenols is 1. The van der Waals surface area contributed by atoms with Crippen molar-refractivity contribution < 1.29 is 30.3 Å². The topological polar surface area (TPSA) is 147 Å². The number of nitrogens with zero attached hydrogens (tertiary/aromatic N) is 1. The molecule has 0 spiro atoms. The maximum Gasteiger partial charge on any atom is 0.317 e. The van der Waals surface area contributed by atoms with Crippen molar-refractivity contribution in [2.24, 2.45) is 11.7 Å². The number of aliphatic carboxylic acids is 1. The summed E-state index contributed by atoms with van der Waals surface area (Å²) in [6, 6.07) is 3.77. The fourth-order valence-corrected chi connectivity index (χ4v) is 3.43. The van der Waals surface area contributed by atoms with Crippen LogP contribution in [0.3, 0.4) is 0 Å². The molecule has 0 aliphatic heterocycles. The molecule has 154 valence electrons. The zero-order valence-electron chi connectivity index (χ0n) is 15.8. The second-order valence-electron chi connectivity index (χ2n) is 6.73. The van der Waals surface area contributed by atoms with Gasteiger partial charge in [0.05, 0.1) is 19.8 Å². The van der Waals surface area contributed by atoms with Crippen LogP contribution in [0.2, 0.25) is 0 Å². The van der Waals surface area contributed by atoms with Gasteiger partial charge in [-0.2, -0.15) is 0 Å². The fourth-order valence-electron chi connectivity index (χ4n) is 3.43. The number of aliphatic hydroxyl groups is 3. The molecule has 8 nitrogen and oxygen atoms in total. The Kier molecular flexibility index (Phi) is 10.3. The van der Waals surface area contributed by atoms with Crippen LogP contribution in [0, 0.1) is 5.92 Å². The second kappa shape index (κ2) is 11.9. The molecule has 0 aliphatic carbocycles. The Bertz CT molecular complexity index is 583. The molecule has 0 bridgehead atoms. The third kappa shape index (κ3) is 6.44. The number of nitrogens with two attached hydrogens (primary N) is 1. The maximum atomic E-state index is 11.4. The van der Waals surface area contributed by atoms with E-state index in [1.807, 2.05) is 0 Å². The standard InChI is InChI=1S/C19H32N2O6/c1-13(16-7-4-6-15(11-23)19(16)27)21(9-18(25)26)17(12-24)14(10-22)5-2-3-8-20/h4,6-7,13-14,17,22-24,27H,2-3,5,8-12,20H2,1H3,(H,25,26). The van der Waals surface area contributed by atoms with Crippen molar-refractivity contribution in [2.75, 3.05) is 26.3 Å². The summed E-state index contributed by atoms with van der Waals surface area (Å²) in [6.07, 6.45) is 2.14. The molecule has 0 fully saturated rings. The Morgan fingerprint density at radius 1 is 1.19 bits per heavy atom. The summed E-state index contributed by atoms with van der Waals surface area (Å²) in [4.78, 5) is 13.0. The van der Waals surface area contributed by atoms with E-state index in [0.717, 1.165) is 12.8 Å². The lowest BCUT2D eigenvalue weighted by atomic mass is 9.91. The zero-order valence-corrected chi connectivity index (χ0v) is 15.8. The highest BCUT2D eigenvalue weighted by Crippen LogP contribution is 2.34. The van der Waals surface area contributed by atoms with Gasteiger partial charge in [-0.3, -0.25) is 9.69 Å². The van der Waals surface area contributed by atoms with Crippen LogP contribution >= 0.6 is 0 Å². The molecule has 1 aromatic rings. The van der Waals surface area contributed by atoms with Crippen LogP contribution in [-0.4, -0.2) is 68.7 Å². The lowest BCUT2D eigenvalue weighted by Crippen LogP contribution is -2.48. The Hall–Kier alpha value is -1.71. The van der Waals surface area contributed by atoms with Crippen LogP contribution in [0.5, 0.6) is 5.75 Å². The Labute approximate surface area is 159 Å². The van der Waals surface area contributed by atoms with Gasteiger partial charge in [-0.05, 0) is 32.2 Å². The van der Waals surface area contributed by atoms with E-state index in [9.17, 15) is 30.3 Å². The van der Waals surface area contributed by atoms with Gasteiger partial charge in [-0.1, -0.05) is 24.6 Å². The number of carboxylic acids is 1. The largest absolute Gasteiger partial charge is 0.507 e. The summed E-state index contributed by atoms with van der Waals surface area (Å²) >= 11 is 0. The molecule has 0 saturated carbocycles. The molecule has 1 aromatic carbocycles. The number of aromatic hydroxyl groups is 1. The van der Waals surface area contributed by atoms with Crippen LogP contribution in [-0.2, 0) is 11.4 Å². The first-order chi connectivity index (χ1) is 12.9.